The molecule has 1 atom stereocenters. The fourth-order valence-electron chi connectivity index (χ4n) is 4.01. The summed E-state index contributed by atoms with van der Waals surface area (Å²) in [6, 6.07) is 10.4. The highest BCUT2D eigenvalue weighted by Crippen LogP contribution is 2.42. The van der Waals surface area contributed by atoms with Gasteiger partial charge in [0, 0.05) is 24.2 Å². The van der Waals surface area contributed by atoms with Gasteiger partial charge in [0.25, 0.3) is 5.91 Å². The van der Waals surface area contributed by atoms with E-state index in [0.29, 0.717) is 5.56 Å². The summed E-state index contributed by atoms with van der Waals surface area (Å²) in [5.41, 5.74) is 5.85. The first kappa shape index (κ1) is 18.5. The number of nitrogens with one attached hydrogen (secondary N) is 1. The topological polar surface area (TPSA) is 56.2 Å². The first-order chi connectivity index (χ1) is 13.4. The summed E-state index contributed by atoms with van der Waals surface area (Å²) < 4.78 is 8.54. The molecule has 0 unspecified atom stereocenters. The van der Waals surface area contributed by atoms with Crippen molar-refractivity contribution in [2.24, 2.45) is 7.05 Å². The maximum absolute atomic E-state index is 12.9. The molecule has 1 aliphatic heterocycles. The average molecular weight is 377 g/mol. The Morgan fingerprint density at radius 3 is 2.75 bits per heavy atom. The van der Waals surface area contributed by atoms with E-state index in [-0.39, 0.29) is 18.1 Å². The number of carbonyl (C=O) groups excluding carboxylic acids is 1. The van der Waals surface area contributed by atoms with Gasteiger partial charge in [0.15, 0.2) is 5.75 Å². The quantitative estimate of drug-likeness (QED) is 0.736. The zero-order valence-corrected chi connectivity index (χ0v) is 17.2. The second-order valence-electron chi connectivity index (χ2n) is 7.95. The van der Waals surface area contributed by atoms with Crippen molar-refractivity contribution in [3.05, 3.63) is 58.4 Å². The number of aromatic nitrogens is 2. The summed E-state index contributed by atoms with van der Waals surface area (Å²) in [5, 5.41) is 3.03. The second kappa shape index (κ2) is 6.97. The van der Waals surface area contributed by atoms with Crippen LogP contribution in [0.5, 0.6) is 5.75 Å². The van der Waals surface area contributed by atoms with Crippen molar-refractivity contribution in [1.29, 1.82) is 0 Å². The van der Waals surface area contributed by atoms with E-state index in [2.05, 4.69) is 24.4 Å². The van der Waals surface area contributed by atoms with Gasteiger partial charge in [-0.3, -0.25) is 4.79 Å². The molecule has 2 aromatic carbocycles. The average Bonchev–Trinajstić information content (AvgIpc) is 2.95. The summed E-state index contributed by atoms with van der Waals surface area (Å²) in [4.78, 5) is 17.6. The van der Waals surface area contributed by atoms with Crippen LogP contribution in [0.3, 0.4) is 0 Å². The molecule has 0 saturated heterocycles. The minimum Gasteiger partial charge on any atom is -0.483 e. The predicted octanol–water partition coefficient (Wildman–Crippen LogP) is 4.39. The van der Waals surface area contributed by atoms with Crippen LogP contribution in [0, 0.1) is 13.8 Å². The molecular weight excluding hydrogens is 350 g/mol. The summed E-state index contributed by atoms with van der Waals surface area (Å²) in [5.74, 6) is 1.61. The van der Waals surface area contributed by atoms with Gasteiger partial charge in [-0.2, -0.15) is 0 Å². The molecule has 0 spiro atoms. The number of fused-ring (bicyclic) bond motifs is 3. The van der Waals surface area contributed by atoms with Crippen molar-refractivity contribution < 1.29 is 9.53 Å². The van der Waals surface area contributed by atoms with Gasteiger partial charge in [-0.05, 0) is 57.7 Å². The Balaban J connectivity index is 1.87. The van der Waals surface area contributed by atoms with E-state index in [1.54, 1.807) is 0 Å². The monoisotopic (exact) mass is 377 g/mol. The zero-order chi connectivity index (χ0) is 20.0. The Hall–Kier alpha value is -2.82. The predicted molar refractivity (Wildman–Crippen MR) is 111 cm³/mol. The highest BCUT2D eigenvalue weighted by molar-refractivity contribution is 6.01. The molecule has 4 rings (SSSR count). The highest BCUT2D eigenvalue weighted by atomic mass is 16.5. The maximum atomic E-state index is 12.9. The van der Waals surface area contributed by atoms with Gasteiger partial charge in [-0.25, -0.2) is 4.98 Å². The lowest BCUT2D eigenvalue weighted by atomic mass is 9.91. The van der Waals surface area contributed by atoms with E-state index in [0.717, 1.165) is 41.0 Å². The highest BCUT2D eigenvalue weighted by Gasteiger charge is 2.30. The van der Waals surface area contributed by atoms with Crippen molar-refractivity contribution in [3.8, 4) is 5.75 Å². The number of rotatable bonds is 3. The van der Waals surface area contributed by atoms with Crippen molar-refractivity contribution in [3.63, 3.8) is 0 Å². The van der Waals surface area contributed by atoms with Gasteiger partial charge < -0.3 is 14.6 Å². The first-order valence-corrected chi connectivity index (χ1v) is 9.88. The molecule has 1 aliphatic rings. The van der Waals surface area contributed by atoms with Crippen LogP contribution in [0.25, 0.3) is 11.0 Å². The zero-order valence-electron chi connectivity index (χ0n) is 17.2. The third-order valence-corrected chi connectivity index (χ3v) is 5.57. The lowest BCUT2D eigenvalue weighted by Gasteiger charge is -2.29. The lowest BCUT2D eigenvalue weighted by molar-refractivity contribution is 0.0939. The van der Waals surface area contributed by atoms with Crippen LogP contribution in [0.1, 0.15) is 59.2 Å². The molecule has 28 heavy (non-hydrogen) atoms. The summed E-state index contributed by atoms with van der Waals surface area (Å²) in [6.07, 6.45) is 1.61. The Labute approximate surface area is 165 Å². The van der Waals surface area contributed by atoms with Crippen molar-refractivity contribution in [1.82, 2.24) is 14.9 Å². The number of hydrogen-bond donors (Lipinski definition) is 1. The molecule has 0 bridgehead atoms. The normalized spacial score (nSPS) is 16.1. The Bertz CT molecular complexity index is 1070. The number of ether oxygens (including phenoxy) is 1. The Kier molecular flexibility index (Phi) is 4.61. The Morgan fingerprint density at radius 1 is 1.29 bits per heavy atom. The van der Waals surface area contributed by atoms with E-state index >= 15 is 0 Å². The van der Waals surface area contributed by atoms with E-state index in [4.69, 9.17) is 9.72 Å². The number of aryl methyl sites for hydroxylation is 3. The van der Waals surface area contributed by atoms with Crippen molar-refractivity contribution in [2.45, 2.75) is 52.7 Å². The maximum Gasteiger partial charge on any atom is 0.251 e. The van der Waals surface area contributed by atoms with Crippen molar-refractivity contribution in [2.75, 3.05) is 0 Å². The molecule has 0 radical (unpaired) electrons. The van der Waals surface area contributed by atoms with Crippen LogP contribution < -0.4 is 10.1 Å². The van der Waals surface area contributed by atoms with Gasteiger partial charge in [-0.1, -0.05) is 24.3 Å². The number of carbonyl (C=O) groups is 1. The molecule has 1 aromatic heterocycles. The molecule has 5 heteroatoms. The van der Waals surface area contributed by atoms with Crippen LogP contribution >= 0.6 is 0 Å². The smallest absolute Gasteiger partial charge is 0.251 e. The number of amides is 1. The molecule has 1 amide bonds. The lowest BCUT2D eigenvalue weighted by Crippen LogP contribution is -2.31. The van der Waals surface area contributed by atoms with E-state index < -0.39 is 0 Å². The second-order valence-corrected chi connectivity index (χ2v) is 7.95. The number of imidazole rings is 1. The third kappa shape index (κ3) is 3.05. The molecule has 3 aromatic rings. The summed E-state index contributed by atoms with van der Waals surface area (Å²) in [7, 11) is 1.98. The third-order valence-electron chi connectivity index (χ3n) is 5.57. The van der Waals surface area contributed by atoms with Gasteiger partial charge in [0.05, 0.1) is 5.52 Å². The molecule has 146 valence electrons. The largest absolute Gasteiger partial charge is 0.483 e. The fourth-order valence-corrected chi connectivity index (χ4v) is 4.01. The van der Waals surface area contributed by atoms with Gasteiger partial charge in [0.1, 0.15) is 17.4 Å². The van der Waals surface area contributed by atoms with Gasteiger partial charge in [-0.15, -0.1) is 0 Å². The van der Waals surface area contributed by atoms with Crippen LogP contribution in [0.4, 0.5) is 0 Å². The van der Waals surface area contributed by atoms with Crippen LogP contribution in [0.15, 0.2) is 30.3 Å². The Morgan fingerprint density at radius 2 is 2.04 bits per heavy atom. The molecule has 0 saturated carbocycles. The van der Waals surface area contributed by atoms with E-state index in [9.17, 15) is 4.79 Å². The van der Waals surface area contributed by atoms with E-state index in [1.165, 1.54) is 11.1 Å². The molecule has 1 N–H and O–H groups in total. The minimum atomic E-state index is -0.0510. The van der Waals surface area contributed by atoms with Crippen molar-refractivity contribution >= 4 is 16.9 Å². The van der Waals surface area contributed by atoms with Crippen LogP contribution in [-0.4, -0.2) is 21.5 Å². The first-order valence-electron chi connectivity index (χ1n) is 9.88. The molecule has 2 heterocycles. The molecular formula is C23H27N3O2. The standard InChI is InChI=1S/C23H27N3O2/c1-13(2)24-23(27)18-12-19-21(25-15(4)26(19)5)22-17(18)10-11-20(28-22)16-9-7-6-8-14(16)3/h6-9,12-13,20H,10-11H2,1-5H3,(H,24,27)/t20-/m0/s1. The molecule has 5 nitrogen and oxygen atoms in total. The number of nitrogens with zero attached hydrogens (tertiary/aromatic N) is 2. The van der Waals surface area contributed by atoms with E-state index in [1.807, 2.05) is 50.6 Å². The minimum absolute atomic E-state index is 0.0253. The number of benzene rings is 2. The van der Waals surface area contributed by atoms with Gasteiger partial charge in [0.2, 0.25) is 0 Å². The molecule has 0 aliphatic carbocycles. The fraction of sp³-hybridized carbons (Fsp3) is 0.391. The van der Waals surface area contributed by atoms with Crippen LogP contribution in [0.2, 0.25) is 0 Å². The SMILES string of the molecule is Cc1ccccc1[C@@H]1CCc2c(C(=O)NC(C)C)cc3c(nc(C)n3C)c2O1. The number of hydrogen-bond acceptors (Lipinski definition) is 3. The summed E-state index contributed by atoms with van der Waals surface area (Å²) >= 11 is 0. The summed E-state index contributed by atoms with van der Waals surface area (Å²) in [6.45, 7) is 8.03. The molecule has 0 fully saturated rings. The van der Waals surface area contributed by atoms with Crippen LogP contribution in [-0.2, 0) is 13.5 Å². The van der Waals surface area contributed by atoms with Gasteiger partial charge >= 0.3 is 0 Å².